The van der Waals surface area contributed by atoms with Gasteiger partial charge in [0.2, 0.25) is 5.88 Å². The monoisotopic (exact) mass is 238 g/mol. The summed E-state index contributed by atoms with van der Waals surface area (Å²) in [7, 11) is 0. The largest absolute Gasteiger partial charge is 0.493 e. The van der Waals surface area contributed by atoms with Gasteiger partial charge in [0.25, 0.3) is 0 Å². The molecule has 2 rings (SSSR count). The molecule has 0 bridgehead atoms. The lowest BCUT2D eigenvalue weighted by Crippen LogP contribution is -1.95. The fourth-order valence-electron chi connectivity index (χ4n) is 1.17. The number of hydrogen-bond acceptors (Lipinski definition) is 6. The number of aryl methyl sites for hydroxylation is 2. The lowest BCUT2D eigenvalue weighted by molar-refractivity contribution is 0.447. The fourth-order valence-corrected chi connectivity index (χ4v) is 1.89. The molecule has 16 heavy (non-hydrogen) atoms. The molecule has 0 amide bonds. The molecule has 2 aromatic heterocycles. The van der Waals surface area contributed by atoms with E-state index in [1.54, 1.807) is 6.92 Å². The standard InChI is InChI=1S/C10H11N3OS.H3N/c1-5-4-15-10(11-5)8-12-7(3)6(2)9(14)13-8;/h4H,1-3H3,(H,12,13,14);1H3. The molecule has 2 aromatic rings. The molecule has 86 valence electrons. The number of thiazole rings is 1. The van der Waals surface area contributed by atoms with Gasteiger partial charge in [-0.2, -0.15) is 4.98 Å². The van der Waals surface area contributed by atoms with Crippen molar-refractivity contribution in [2.45, 2.75) is 20.8 Å². The van der Waals surface area contributed by atoms with Crippen molar-refractivity contribution in [2.75, 3.05) is 0 Å². The third-order valence-corrected chi connectivity index (χ3v) is 3.13. The molecule has 0 spiro atoms. The van der Waals surface area contributed by atoms with Crippen LogP contribution in [-0.4, -0.2) is 20.1 Å². The smallest absolute Gasteiger partial charge is 0.217 e. The van der Waals surface area contributed by atoms with Gasteiger partial charge in [-0.15, -0.1) is 11.3 Å². The highest BCUT2D eigenvalue weighted by Gasteiger charge is 2.10. The average Bonchev–Trinajstić information content (AvgIpc) is 2.60. The highest BCUT2D eigenvalue weighted by Crippen LogP contribution is 2.24. The maximum absolute atomic E-state index is 9.57. The SMILES string of the molecule is Cc1csc(-c2nc(C)c(C)c(O)n2)n1.N. The molecule has 0 radical (unpaired) electrons. The Hall–Kier alpha value is -1.53. The van der Waals surface area contributed by atoms with Gasteiger partial charge in [-0.1, -0.05) is 0 Å². The van der Waals surface area contributed by atoms with Crippen LogP contribution < -0.4 is 6.15 Å². The topological polar surface area (TPSA) is 93.9 Å². The van der Waals surface area contributed by atoms with Crippen LogP contribution in [0.15, 0.2) is 5.38 Å². The van der Waals surface area contributed by atoms with Crippen molar-refractivity contribution in [1.82, 2.24) is 21.1 Å². The van der Waals surface area contributed by atoms with Crippen LogP contribution in [0.5, 0.6) is 5.88 Å². The summed E-state index contributed by atoms with van der Waals surface area (Å²) in [5.74, 6) is 0.527. The van der Waals surface area contributed by atoms with Crippen molar-refractivity contribution >= 4 is 11.3 Å². The van der Waals surface area contributed by atoms with Crippen LogP contribution in [-0.2, 0) is 0 Å². The van der Waals surface area contributed by atoms with Crippen LogP contribution in [0, 0.1) is 20.8 Å². The van der Waals surface area contributed by atoms with E-state index in [0.717, 1.165) is 16.4 Å². The first kappa shape index (κ1) is 12.5. The Kier molecular flexibility index (Phi) is 3.56. The zero-order chi connectivity index (χ0) is 11.0. The van der Waals surface area contributed by atoms with E-state index in [1.165, 1.54) is 11.3 Å². The van der Waals surface area contributed by atoms with E-state index in [-0.39, 0.29) is 12.0 Å². The van der Waals surface area contributed by atoms with Gasteiger partial charge in [0.05, 0.1) is 0 Å². The van der Waals surface area contributed by atoms with E-state index in [1.807, 2.05) is 19.2 Å². The number of hydrogen-bond donors (Lipinski definition) is 2. The van der Waals surface area contributed by atoms with Gasteiger partial charge in [0.15, 0.2) is 10.8 Å². The molecule has 0 saturated carbocycles. The first-order valence-corrected chi connectivity index (χ1v) is 5.42. The zero-order valence-corrected chi connectivity index (χ0v) is 10.3. The predicted molar refractivity (Wildman–Crippen MR) is 64.0 cm³/mol. The van der Waals surface area contributed by atoms with E-state index in [2.05, 4.69) is 15.0 Å². The molecular formula is C10H14N4OS. The van der Waals surface area contributed by atoms with E-state index in [9.17, 15) is 5.11 Å². The Balaban J connectivity index is 0.00000128. The van der Waals surface area contributed by atoms with Gasteiger partial charge in [-0.25, -0.2) is 9.97 Å². The Bertz CT molecular complexity index is 486. The molecule has 0 fully saturated rings. The summed E-state index contributed by atoms with van der Waals surface area (Å²) < 4.78 is 0. The van der Waals surface area contributed by atoms with Crippen LogP contribution >= 0.6 is 11.3 Å². The molecule has 0 aromatic carbocycles. The second-order valence-corrected chi connectivity index (χ2v) is 4.23. The molecule has 0 aliphatic carbocycles. The second kappa shape index (κ2) is 4.54. The van der Waals surface area contributed by atoms with Gasteiger partial charge in [-0.3, -0.25) is 0 Å². The van der Waals surface area contributed by atoms with Crippen LogP contribution in [0.4, 0.5) is 0 Å². The van der Waals surface area contributed by atoms with E-state index in [4.69, 9.17) is 0 Å². The number of aromatic hydroxyl groups is 1. The van der Waals surface area contributed by atoms with Gasteiger partial charge in [-0.05, 0) is 20.8 Å². The second-order valence-electron chi connectivity index (χ2n) is 3.38. The van der Waals surface area contributed by atoms with Crippen LogP contribution in [0.3, 0.4) is 0 Å². The highest BCUT2D eigenvalue weighted by molar-refractivity contribution is 7.13. The van der Waals surface area contributed by atoms with E-state index >= 15 is 0 Å². The summed E-state index contributed by atoms with van der Waals surface area (Å²) in [5.41, 5.74) is 2.44. The van der Waals surface area contributed by atoms with Crippen LogP contribution in [0.1, 0.15) is 17.0 Å². The minimum Gasteiger partial charge on any atom is -0.493 e. The van der Waals surface area contributed by atoms with E-state index in [0.29, 0.717) is 11.4 Å². The quantitative estimate of drug-likeness (QED) is 0.795. The van der Waals surface area contributed by atoms with Gasteiger partial charge >= 0.3 is 0 Å². The molecule has 0 aliphatic heterocycles. The Labute approximate surface area is 97.8 Å². The summed E-state index contributed by atoms with van der Waals surface area (Å²) in [6.45, 7) is 5.56. The van der Waals surface area contributed by atoms with Crippen molar-refractivity contribution in [3.63, 3.8) is 0 Å². The maximum atomic E-state index is 9.57. The molecule has 2 heterocycles. The average molecular weight is 238 g/mol. The van der Waals surface area contributed by atoms with Crippen molar-refractivity contribution in [1.29, 1.82) is 0 Å². The molecule has 0 aliphatic rings. The van der Waals surface area contributed by atoms with Gasteiger partial charge in [0.1, 0.15) is 0 Å². The molecule has 0 unspecified atom stereocenters. The molecule has 0 atom stereocenters. The summed E-state index contributed by atoms with van der Waals surface area (Å²) in [6.07, 6.45) is 0. The lowest BCUT2D eigenvalue weighted by atomic mass is 10.2. The Morgan fingerprint density at radius 2 is 1.81 bits per heavy atom. The summed E-state index contributed by atoms with van der Waals surface area (Å²) in [5, 5.41) is 12.3. The Morgan fingerprint density at radius 3 is 2.31 bits per heavy atom. The zero-order valence-electron chi connectivity index (χ0n) is 9.48. The maximum Gasteiger partial charge on any atom is 0.217 e. The minimum atomic E-state index is 0. The van der Waals surface area contributed by atoms with Gasteiger partial charge < -0.3 is 11.3 Å². The normalized spacial score (nSPS) is 9.94. The van der Waals surface area contributed by atoms with Crippen molar-refractivity contribution in [3.05, 3.63) is 22.3 Å². The highest BCUT2D eigenvalue weighted by atomic mass is 32.1. The number of rotatable bonds is 1. The fraction of sp³-hybridized carbons (Fsp3) is 0.300. The summed E-state index contributed by atoms with van der Waals surface area (Å²) in [4.78, 5) is 12.6. The van der Waals surface area contributed by atoms with Crippen LogP contribution in [0.25, 0.3) is 10.8 Å². The predicted octanol–water partition coefficient (Wildman–Crippen LogP) is 2.39. The number of aromatic nitrogens is 3. The first-order chi connectivity index (χ1) is 7.08. The van der Waals surface area contributed by atoms with Crippen LogP contribution in [0.2, 0.25) is 0 Å². The summed E-state index contributed by atoms with van der Waals surface area (Å²) >= 11 is 1.48. The van der Waals surface area contributed by atoms with Crippen molar-refractivity contribution < 1.29 is 5.11 Å². The molecule has 4 N–H and O–H groups in total. The van der Waals surface area contributed by atoms with Crippen molar-refractivity contribution in [3.8, 4) is 16.7 Å². The molecule has 6 heteroatoms. The lowest BCUT2D eigenvalue weighted by Gasteiger charge is -2.03. The molecule has 0 saturated heterocycles. The summed E-state index contributed by atoms with van der Waals surface area (Å²) in [6, 6.07) is 0. The first-order valence-electron chi connectivity index (χ1n) is 4.54. The van der Waals surface area contributed by atoms with E-state index < -0.39 is 0 Å². The minimum absolute atomic E-state index is 0. The van der Waals surface area contributed by atoms with Gasteiger partial charge in [0, 0.05) is 22.3 Å². The third kappa shape index (κ3) is 2.17. The molecular weight excluding hydrogens is 224 g/mol. The van der Waals surface area contributed by atoms with Crippen molar-refractivity contribution in [2.24, 2.45) is 0 Å². The Morgan fingerprint density at radius 1 is 1.12 bits per heavy atom. The molecule has 5 nitrogen and oxygen atoms in total. The number of nitrogens with zero attached hydrogens (tertiary/aromatic N) is 3. The third-order valence-electron chi connectivity index (χ3n) is 2.17.